The van der Waals surface area contributed by atoms with E-state index in [2.05, 4.69) is 43.4 Å². The normalized spacial score (nSPS) is 11.0. The highest BCUT2D eigenvalue weighted by atomic mass is 35.5. The fourth-order valence-electron chi connectivity index (χ4n) is 2.24. The minimum atomic E-state index is 0.449. The average molecular weight is 304 g/mol. The van der Waals surface area contributed by atoms with E-state index in [-0.39, 0.29) is 0 Å². The van der Waals surface area contributed by atoms with Crippen molar-refractivity contribution in [3.8, 4) is 16.9 Å². The summed E-state index contributed by atoms with van der Waals surface area (Å²) < 4.78 is 5.30. The van der Waals surface area contributed by atoms with Crippen molar-refractivity contribution in [3.05, 3.63) is 52.5 Å². The molecule has 0 amide bonds. The molecule has 2 nitrogen and oxygen atoms in total. The van der Waals surface area contributed by atoms with Crippen LogP contribution in [0.25, 0.3) is 11.1 Å². The van der Waals surface area contributed by atoms with Gasteiger partial charge in [-0.25, -0.2) is 0 Å². The first-order chi connectivity index (χ1) is 10.0. The van der Waals surface area contributed by atoms with Gasteiger partial charge in [0, 0.05) is 17.6 Å². The second-order valence-electron chi connectivity index (χ2n) is 5.53. The molecule has 0 saturated heterocycles. The van der Waals surface area contributed by atoms with Gasteiger partial charge in [0.2, 0.25) is 0 Å². The van der Waals surface area contributed by atoms with E-state index in [1.807, 2.05) is 19.1 Å². The molecule has 0 bridgehead atoms. The van der Waals surface area contributed by atoms with Crippen molar-refractivity contribution in [2.24, 2.45) is 0 Å². The van der Waals surface area contributed by atoms with Crippen LogP contribution in [0.3, 0.4) is 0 Å². The molecule has 0 aliphatic heterocycles. The van der Waals surface area contributed by atoms with E-state index >= 15 is 0 Å². The summed E-state index contributed by atoms with van der Waals surface area (Å²) in [5.41, 5.74) is 4.52. The largest absolute Gasteiger partial charge is 0.496 e. The smallest absolute Gasteiger partial charge is 0.121 e. The molecule has 21 heavy (non-hydrogen) atoms. The Balaban J connectivity index is 2.25. The zero-order chi connectivity index (χ0) is 15.4. The zero-order valence-electron chi connectivity index (χ0n) is 13.0. The van der Waals surface area contributed by atoms with Crippen molar-refractivity contribution in [2.45, 2.75) is 33.4 Å². The lowest BCUT2D eigenvalue weighted by Crippen LogP contribution is -2.21. The predicted octanol–water partition coefficient (Wildman–Crippen LogP) is 4.82. The lowest BCUT2D eigenvalue weighted by Gasteiger charge is -2.12. The zero-order valence-corrected chi connectivity index (χ0v) is 13.8. The lowest BCUT2D eigenvalue weighted by atomic mass is 10.0. The van der Waals surface area contributed by atoms with E-state index in [4.69, 9.17) is 16.3 Å². The first-order valence-electron chi connectivity index (χ1n) is 7.18. The molecule has 2 rings (SSSR count). The fourth-order valence-corrected chi connectivity index (χ4v) is 2.49. The van der Waals surface area contributed by atoms with Gasteiger partial charge in [0.15, 0.2) is 0 Å². The monoisotopic (exact) mass is 303 g/mol. The highest BCUT2D eigenvalue weighted by Crippen LogP contribution is 2.29. The number of hydrogen-bond donors (Lipinski definition) is 1. The Labute approximate surface area is 132 Å². The summed E-state index contributed by atoms with van der Waals surface area (Å²) in [6.45, 7) is 7.09. The SMILES string of the molecule is COc1ccc(-c2ccc(CNC(C)C)c(Cl)c2)cc1C. The van der Waals surface area contributed by atoms with Gasteiger partial charge < -0.3 is 10.1 Å². The fraction of sp³-hybridized carbons (Fsp3) is 0.333. The number of hydrogen-bond acceptors (Lipinski definition) is 2. The van der Waals surface area contributed by atoms with Gasteiger partial charge in [0.05, 0.1) is 7.11 Å². The molecule has 0 radical (unpaired) electrons. The molecule has 2 aromatic carbocycles. The third-order valence-electron chi connectivity index (χ3n) is 3.48. The van der Waals surface area contributed by atoms with Gasteiger partial charge in [-0.1, -0.05) is 43.6 Å². The van der Waals surface area contributed by atoms with Gasteiger partial charge in [-0.15, -0.1) is 0 Å². The summed E-state index contributed by atoms with van der Waals surface area (Å²) in [4.78, 5) is 0. The summed E-state index contributed by atoms with van der Waals surface area (Å²) in [6, 6.07) is 12.9. The second kappa shape index (κ2) is 6.97. The number of benzene rings is 2. The highest BCUT2D eigenvalue weighted by Gasteiger charge is 2.06. The van der Waals surface area contributed by atoms with Crippen molar-refractivity contribution in [1.29, 1.82) is 0 Å². The van der Waals surface area contributed by atoms with E-state index in [1.165, 1.54) is 0 Å². The number of nitrogens with one attached hydrogen (secondary N) is 1. The molecule has 0 fully saturated rings. The Hall–Kier alpha value is -1.51. The molecule has 0 saturated carbocycles. The van der Waals surface area contributed by atoms with Crippen LogP contribution in [0.1, 0.15) is 25.0 Å². The molecule has 0 aliphatic carbocycles. The maximum Gasteiger partial charge on any atom is 0.121 e. The highest BCUT2D eigenvalue weighted by molar-refractivity contribution is 6.31. The van der Waals surface area contributed by atoms with Crippen molar-refractivity contribution >= 4 is 11.6 Å². The van der Waals surface area contributed by atoms with E-state index in [9.17, 15) is 0 Å². The van der Waals surface area contributed by atoms with Gasteiger partial charge in [-0.2, -0.15) is 0 Å². The first kappa shape index (κ1) is 15.9. The molecule has 0 spiro atoms. The molecule has 112 valence electrons. The maximum atomic E-state index is 6.40. The molecule has 2 aromatic rings. The molecule has 0 aromatic heterocycles. The summed E-state index contributed by atoms with van der Waals surface area (Å²) >= 11 is 6.40. The second-order valence-corrected chi connectivity index (χ2v) is 5.93. The van der Waals surface area contributed by atoms with Crippen molar-refractivity contribution in [2.75, 3.05) is 7.11 Å². The van der Waals surface area contributed by atoms with Crippen LogP contribution in [-0.4, -0.2) is 13.2 Å². The van der Waals surface area contributed by atoms with Gasteiger partial charge in [0.1, 0.15) is 5.75 Å². The van der Waals surface area contributed by atoms with Crippen LogP contribution < -0.4 is 10.1 Å². The molecule has 0 unspecified atom stereocenters. The van der Waals surface area contributed by atoms with Crippen molar-refractivity contribution in [1.82, 2.24) is 5.32 Å². The topological polar surface area (TPSA) is 21.3 Å². The van der Waals surface area contributed by atoms with Gasteiger partial charge in [0.25, 0.3) is 0 Å². The van der Waals surface area contributed by atoms with Crippen LogP contribution in [0.15, 0.2) is 36.4 Å². The average Bonchev–Trinajstić information content (AvgIpc) is 2.45. The molecular weight excluding hydrogens is 282 g/mol. The predicted molar refractivity (Wildman–Crippen MR) is 90.2 cm³/mol. The molecule has 3 heteroatoms. The Kier molecular flexibility index (Phi) is 5.27. The Morgan fingerprint density at radius 2 is 1.76 bits per heavy atom. The van der Waals surface area contributed by atoms with Crippen LogP contribution in [0.4, 0.5) is 0 Å². The van der Waals surface area contributed by atoms with E-state index in [0.29, 0.717) is 6.04 Å². The Morgan fingerprint density at radius 1 is 1.10 bits per heavy atom. The van der Waals surface area contributed by atoms with Crippen LogP contribution in [0.5, 0.6) is 5.75 Å². The number of halogens is 1. The molecule has 0 aliphatic rings. The number of methoxy groups -OCH3 is 1. The molecule has 0 heterocycles. The van der Waals surface area contributed by atoms with Gasteiger partial charge >= 0.3 is 0 Å². The third kappa shape index (κ3) is 3.99. The number of aryl methyl sites for hydroxylation is 1. The van der Waals surface area contributed by atoms with Crippen LogP contribution in [0.2, 0.25) is 5.02 Å². The lowest BCUT2D eigenvalue weighted by molar-refractivity contribution is 0.412. The van der Waals surface area contributed by atoms with Crippen molar-refractivity contribution in [3.63, 3.8) is 0 Å². The van der Waals surface area contributed by atoms with Crippen LogP contribution in [-0.2, 0) is 6.54 Å². The van der Waals surface area contributed by atoms with Gasteiger partial charge in [-0.3, -0.25) is 0 Å². The maximum absolute atomic E-state index is 6.40. The quantitative estimate of drug-likeness (QED) is 0.855. The van der Waals surface area contributed by atoms with Crippen LogP contribution in [0, 0.1) is 6.92 Å². The first-order valence-corrected chi connectivity index (χ1v) is 7.56. The summed E-state index contributed by atoms with van der Waals surface area (Å²) in [5, 5.41) is 4.19. The minimum Gasteiger partial charge on any atom is -0.496 e. The van der Waals surface area contributed by atoms with Crippen molar-refractivity contribution < 1.29 is 4.74 Å². The van der Waals surface area contributed by atoms with E-state index < -0.39 is 0 Å². The molecular formula is C18H22ClNO. The Morgan fingerprint density at radius 3 is 2.33 bits per heavy atom. The molecule has 1 N–H and O–H groups in total. The van der Waals surface area contributed by atoms with E-state index in [1.54, 1.807) is 7.11 Å². The summed E-state index contributed by atoms with van der Waals surface area (Å²) in [6.07, 6.45) is 0. The standard InChI is InChI=1S/C18H22ClNO/c1-12(2)20-11-16-6-5-15(10-17(16)19)14-7-8-18(21-4)13(3)9-14/h5-10,12,20H,11H2,1-4H3. The van der Waals surface area contributed by atoms with E-state index in [0.717, 1.165) is 39.6 Å². The summed E-state index contributed by atoms with van der Waals surface area (Å²) in [7, 11) is 1.69. The third-order valence-corrected chi connectivity index (χ3v) is 3.83. The van der Waals surface area contributed by atoms with Gasteiger partial charge in [-0.05, 0) is 47.4 Å². The molecule has 0 atom stereocenters. The minimum absolute atomic E-state index is 0.449. The Bertz CT molecular complexity index is 623. The summed E-state index contributed by atoms with van der Waals surface area (Å²) in [5.74, 6) is 0.905. The number of ether oxygens (including phenoxy) is 1. The number of rotatable bonds is 5. The van der Waals surface area contributed by atoms with Crippen LogP contribution >= 0.6 is 11.6 Å².